The molecule has 1 heterocycles. The van der Waals surface area contributed by atoms with E-state index < -0.39 is 12.1 Å². The third-order valence-corrected chi connectivity index (χ3v) is 4.09. The van der Waals surface area contributed by atoms with Crippen LogP contribution in [0.15, 0.2) is 47.1 Å². The average Bonchev–Trinajstić information content (AvgIpc) is 3.28. The topological polar surface area (TPSA) is 83.7 Å². The number of furan rings is 1. The number of urea groups is 1. The second-order valence-electron chi connectivity index (χ2n) is 5.90. The molecule has 6 nitrogen and oxygen atoms in total. The van der Waals surface area contributed by atoms with Crippen LogP contribution in [0.25, 0.3) is 0 Å². The van der Waals surface area contributed by atoms with Gasteiger partial charge in [-0.3, -0.25) is 0 Å². The van der Waals surface area contributed by atoms with Gasteiger partial charge in [0.1, 0.15) is 17.6 Å². The molecule has 24 heavy (non-hydrogen) atoms. The number of anilines is 1. The van der Waals surface area contributed by atoms with Crippen LogP contribution in [0.2, 0.25) is 0 Å². The van der Waals surface area contributed by atoms with Crippen LogP contribution >= 0.6 is 0 Å². The lowest BCUT2D eigenvalue weighted by molar-refractivity contribution is 0.210. The third kappa shape index (κ3) is 4.29. The SMILES string of the molecule is O=C(Nc1ccc(OC2CCCC2)cc1)N[C@H](CO)c1ccco1. The van der Waals surface area contributed by atoms with E-state index in [1.54, 1.807) is 24.3 Å². The predicted molar refractivity (Wildman–Crippen MR) is 90.0 cm³/mol. The minimum Gasteiger partial charge on any atom is -0.490 e. The number of carbonyl (C=O) groups is 1. The van der Waals surface area contributed by atoms with Crippen molar-refractivity contribution < 1.29 is 19.1 Å². The molecule has 1 aromatic carbocycles. The highest BCUT2D eigenvalue weighted by molar-refractivity contribution is 5.89. The van der Waals surface area contributed by atoms with Crippen molar-refractivity contribution in [1.82, 2.24) is 5.32 Å². The van der Waals surface area contributed by atoms with Crippen molar-refractivity contribution in [2.24, 2.45) is 0 Å². The van der Waals surface area contributed by atoms with Crippen molar-refractivity contribution in [3.05, 3.63) is 48.4 Å². The molecule has 2 aromatic rings. The molecule has 1 aliphatic carbocycles. The third-order valence-electron chi connectivity index (χ3n) is 4.09. The molecule has 128 valence electrons. The van der Waals surface area contributed by atoms with Crippen LogP contribution in [0.4, 0.5) is 10.5 Å². The normalized spacial score (nSPS) is 15.9. The molecule has 1 saturated carbocycles. The van der Waals surface area contributed by atoms with Gasteiger partial charge in [-0.15, -0.1) is 0 Å². The van der Waals surface area contributed by atoms with Crippen molar-refractivity contribution in [3.8, 4) is 5.75 Å². The van der Waals surface area contributed by atoms with Gasteiger partial charge in [0.15, 0.2) is 0 Å². The maximum atomic E-state index is 12.0. The van der Waals surface area contributed by atoms with E-state index in [0.717, 1.165) is 18.6 Å². The fourth-order valence-electron chi connectivity index (χ4n) is 2.84. The van der Waals surface area contributed by atoms with Crippen molar-refractivity contribution >= 4 is 11.7 Å². The van der Waals surface area contributed by atoms with E-state index in [1.807, 2.05) is 12.1 Å². The van der Waals surface area contributed by atoms with E-state index >= 15 is 0 Å². The summed E-state index contributed by atoms with van der Waals surface area (Å²) in [6.45, 7) is -0.241. The van der Waals surface area contributed by atoms with E-state index in [2.05, 4.69) is 10.6 Å². The van der Waals surface area contributed by atoms with Gasteiger partial charge in [0, 0.05) is 5.69 Å². The van der Waals surface area contributed by atoms with Crippen LogP contribution in [0, 0.1) is 0 Å². The molecular weight excluding hydrogens is 308 g/mol. The highest BCUT2D eigenvalue weighted by Crippen LogP contribution is 2.25. The monoisotopic (exact) mass is 330 g/mol. The van der Waals surface area contributed by atoms with E-state index in [1.165, 1.54) is 19.1 Å². The number of aliphatic hydroxyl groups excluding tert-OH is 1. The summed E-state index contributed by atoms with van der Waals surface area (Å²) in [6, 6.07) is 9.72. The van der Waals surface area contributed by atoms with E-state index in [4.69, 9.17) is 9.15 Å². The number of ether oxygens (including phenoxy) is 1. The van der Waals surface area contributed by atoms with Crippen LogP contribution in [-0.4, -0.2) is 23.8 Å². The minimum absolute atomic E-state index is 0.241. The number of hydrogen-bond acceptors (Lipinski definition) is 4. The lowest BCUT2D eigenvalue weighted by Crippen LogP contribution is -2.34. The average molecular weight is 330 g/mol. The van der Waals surface area contributed by atoms with E-state index in [9.17, 15) is 9.90 Å². The van der Waals surface area contributed by atoms with Crippen molar-refractivity contribution in [2.45, 2.75) is 37.8 Å². The summed E-state index contributed by atoms with van der Waals surface area (Å²) in [4.78, 5) is 12.0. The Labute approximate surface area is 140 Å². The standard InChI is InChI=1S/C18H22N2O4/c21-12-16(17-6-3-11-23-17)20-18(22)19-13-7-9-15(10-8-13)24-14-4-1-2-5-14/h3,6-11,14,16,21H,1-2,4-5,12H2,(H2,19,20,22)/t16-/m1/s1. The van der Waals surface area contributed by atoms with Gasteiger partial charge in [-0.25, -0.2) is 4.79 Å². The zero-order chi connectivity index (χ0) is 16.8. The molecule has 0 radical (unpaired) electrons. The van der Waals surface area contributed by atoms with Gasteiger partial charge in [-0.05, 0) is 62.1 Å². The number of benzene rings is 1. The molecule has 6 heteroatoms. The molecule has 1 atom stereocenters. The predicted octanol–water partition coefficient (Wildman–Crippen LogP) is 3.46. The Morgan fingerprint density at radius 3 is 2.62 bits per heavy atom. The summed E-state index contributed by atoms with van der Waals surface area (Å²) in [5, 5.41) is 14.8. The summed E-state index contributed by atoms with van der Waals surface area (Å²) in [5.74, 6) is 1.32. The molecule has 0 unspecified atom stereocenters. The number of rotatable bonds is 6. The lowest BCUT2D eigenvalue weighted by Gasteiger charge is -2.15. The fraction of sp³-hybridized carbons (Fsp3) is 0.389. The molecule has 0 saturated heterocycles. The largest absolute Gasteiger partial charge is 0.490 e. The smallest absolute Gasteiger partial charge is 0.319 e. The van der Waals surface area contributed by atoms with Gasteiger partial charge >= 0.3 is 6.03 Å². The van der Waals surface area contributed by atoms with Gasteiger partial charge in [-0.2, -0.15) is 0 Å². The van der Waals surface area contributed by atoms with Crippen LogP contribution in [-0.2, 0) is 0 Å². The molecular formula is C18H22N2O4. The Bertz CT molecular complexity index is 634. The van der Waals surface area contributed by atoms with Gasteiger partial charge < -0.3 is 24.9 Å². The summed E-state index contributed by atoms with van der Waals surface area (Å²) >= 11 is 0. The van der Waals surface area contributed by atoms with Gasteiger partial charge in [-0.1, -0.05) is 0 Å². The van der Waals surface area contributed by atoms with Crippen LogP contribution in [0.1, 0.15) is 37.5 Å². The fourth-order valence-corrected chi connectivity index (χ4v) is 2.84. The summed E-state index contributed by atoms with van der Waals surface area (Å²) in [6.07, 6.45) is 6.49. The minimum atomic E-state index is -0.579. The maximum Gasteiger partial charge on any atom is 0.319 e. The number of carbonyl (C=O) groups excluding carboxylic acids is 1. The Hall–Kier alpha value is -2.47. The highest BCUT2D eigenvalue weighted by atomic mass is 16.5. The molecule has 1 fully saturated rings. The summed E-state index contributed by atoms with van der Waals surface area (Å²) in [7, 11) is 0. The highest BCUT2D eigenvalue weighted by Gasteiger charge is 2.17. The molecule has 3 N–H and O–H groups in total. The zero-order valence-corrected chi connectivity index (χ0v) is 13.4. The molecule has 0 aliphatic heterocycles. The number of nitrogens with one attached hydrogen (secondary N) is 2. The summed E-state index contributed by atoms with van der Waals surface area (Å²) in [5.41, 5.74) is 0.655. The molecule has 1 aromatic heterocycles. The number of aliphatic hydroxyl groups is 1. The number of hydrogen-bond donors (Lipinski definition) is 3. The second-order valence-corrected chi connectivity index (χ2v) is 5.90. The molecule has 2 amide bonds. The molecule has 0 bridgehead atoms. The van der Waals surface area contributed by atoms with Crippen LogP contribution in [0.3, 0.4) is 0 Å². The van der Waals surface area contributed by atoms with E-state index in [-0.39, 0.29) is 6.61 Å². The summed E-state index contributed by atoms with van der Waals surface area (Å²) < 4.78 is 11.1. The quantitative estimate of drug-likeness (QED) is 0.757. The van der Waals surface area contributed by atoms with Crippen molar-refractivity contribution in [3.63, 3.8) is 0 Å². The maximum absolute atomic E-state index is 12.0. The van der Waals surface area contributed by atoms with Crippen LogP contribution < -0.4 is 15.4 Å². The van der Waals surface area contributed by atoms with Crippen molar-refractivity contribution in [1.29, 1.82) is 0 Å². The van der Waals surface area contributed by atoms with Gasteiger partial charge in [0.05, 0.1) is 19.0 Å². The Kier molecular flexibility index (Phi) is 5.38. The Morgan fingerprint density at radius 2 is 2.00 bits per heavy atom. The Morgan fingerprint density at radius 1 is 1.25 bits per heavy atom. The first-order chi connectivity index (χ1) is 11.7. The molecule has 1 aliphatic rings. The first kappa shape index (κ1) is 16.4. The zero-order valence-electron chi connectivity index (χ0n) is 13.4. The van der Waals surface area contributed by atoms with Crippen molar-refractivity contribution in [2.75, 3.05) is 11.9 Å². The molecule has 0 spiro atoms. The number of amides is 2. The van der Waals surface area contributed by atoms with Crippen LogP contribution in [0.5, 0.6) is 5.75 Å². The van der Waals surface area contributed by atoms with Gasteiger partial charge in [0.2, 0.25) is 0 Å². The lowest BCUT2D eigenvalue weighted by atomic mass is 10.2. The second kappa shape index (κ2) is 7.88. The Balaban J connectivity index is 1.52. The first-order valence-corrected chi connectivity index (χ1v) is 8.23. The van der Waals surface area contributed by atoms with E-state index in [0.29, 0.717) is 17.6 Å². The molecule has 3 rings (SSSR count). The first-order valence-electron chi connectivity index (χ1n) is 8.23. The van der Waals surface area contributed by atoms with Gasteiger partial charge in [0.25, 0.3) is 0 Å².